The second-order valence-electron chi connectivity index (χ2n) is 7.38. The summed E-state index contributed by atoms with van der Waals surface area (Å²) in [4.78, 5) is 23.2. The molecule has 0 saturated heterocycles. The van der Waals surface area contributed by atoms with Crippen molar-refractivity contribution in [2.45, 2.75) is 46.5 Å². The Kier molecular flexibility index (Phi) is 6.06. The molecule has 1 amide bonds. The van der Waals surface area contributed by atoms with Gasteiger partial charge in [-0.25, -0.2) is 0 Å². The summed E-state index contributed by atoms with van der Waals surface area (Å²) < 4.78 is 41.7. The monoisotopic (exact) mass is 450 g/mol. The van der Waals surface area contributed by atoms with Crippen LogP contribution in [0.4, 0.5) is 24.5 Å². The van der Waals surface area contributed by atoms with Gasteiger partial charge in [0.1, 0.15) is 17.9 Å². The average Bonchev–Trinajstić information content (AvgIpc) is 3.22. The molecule has 9 nitrogen and oxygen atoms in total. The maximum absolute atomic E-state index is 13.0. The molecule has 0 radical (unpaired) electrons. The van der Waals surface area contributed by atoms with E-state index in [4.69, 9.17) is 0 Å². The minimum atomic E-state index is -4.44. The lowest BCUT2D eigenvalue weighted by molar-refractivity contribution is -0.385. The van der Waals surface area contributed by atoms with Crippen LogP contribution in [-0.2, 0) is 17.5 Å². The molecule has 1 aromatic carbocycles. The van der Waals surface area contributed by atoms with E-state index in [1.807, 2.05) is 0 Å². The highest BCUT2D eigenvalue weighted by molar-refractivity contribution is 5.94. The van der Waals surface area contributed by atoms with Crippen molar-refractivity contribution in [3.63, 3.8) is 0 Å². The van der Waals surface area contributed by atoms with Crippen molar-refractivity contribution in [1.82, 2.24) is 19.6 Å². The van der Waals surface area contributed by atoms with Gasteiger partial charge in [0.2, 0.25) is 5.91 Å². The van der Waals surface area contributed by atoms with Crippen LogP contribution in [0, 0.1) is 30.9 Å². The highest BCUT2D eigenvalue weighted by Gasteiger charge is 2.30. The second-order valence-corrected chi connectivity index (χ2v) is 7.38. The van der Waals surface area contributed by atoms with Gasteiger partial charge in [-0.15, -0.1) is 0 Å². The average molecular weight is 450 g/mol. The fraction of sp³-hybridized carbons (Fsp3) is 0.350. The van der Waals surface area contributed by atoms with E-state index in [2.05, 4.69) is 15.5 Å². The number of hydrogen-bond donors (Lipinski definition) is 1. The third-order valence-corrected chi connectivity index (χ3v) is 5.18. The van der Waals surface area contributed by atoms with Gasteiger partial charge < -0.3 is 5.32 Å². The third kappa shape index (κ3) is 4.48. The van der Waals surface area contributed by atoms with E-state index in [-0.39, 0.29) is 17.9 Å². The van der Waals surface area contributed by atoms with Crippen LogP contribution in [0.1, 0.15) is 41.2 Å². The van der Waals surface area contributed by atoms with Gasteiger partial charge in [0.25, 0.3) is 0 Å². The Labute approximate surface area is 181 Å². The Hall–Kier alpha value is -3.70. The second kappa shape index (κ2) is 8.44. The number of aromatic nitrogens is 4. The predicted molar refractivity (Wildman–Crippen MR) is 109 cm³/mol. The first-order valence-electron chi connectivity index (χ1n) is 9.59. The molecule has 3 aromatic rings. The lowest BCUT2D eigenvalue weighted by atomic mass is 10.1. The molecule has 1 unspecified atom stereocenters. The summed E-state index contributed by atoms with van der Waals surface area (Å²) in [5, 5.41) is 22.0. The first-order chi connectivity index (χ1) is 14.9. The minimum absolute atomic E-state index is 0.0898. The number of nitrogens with one attached hydrogen (secondary N) is 1. The van der Waals surface area contributed by atoms with Crippen LogP contribution >= 0.6 is 0 Å². The van der Waals surface area contributed by atoms with Crippen LogP contribution in [0.3, 0.4) is 0 Å². The van der Waals surface area contributed by atoms with Crippen molar-refractivity contribution < 1.29 is 22.9 Å². The largest absolute Gasteiger partial charge is 0.416 e. The summed E-state index contributed by atoms with van der Waals surface area (Å²) >= 11 is 0. The molecule has 32 heavy (non-hydrogen) atoms. The van der Waals surface area contributed by atoms with E-state index in [0.717, 1.165) is 18.3 Å². The molecule has 2 aromatic heterocycles. The van der Waals surface area contributed by atoms with E-state index < -0.39 is 28.6 Å². The number of nitro groups is 1. The Bertz CT molecular complexity index is 1180. The normalized spacial score (nSPS) is 12.6. The summed E-state index contributed by atoms with van der Waals surface area (Å²) in [5.74, 6) is -0.462. The lowest BCUT2D eigenvalue weighted by Gasteiger charge is -2.14. The fourth-order valence-electron chi connectivity index (χ4n) is 3.37. The molecule has 3 rings (SSSR count). The van der Waals surface area contributed by atoms with Crippen molar-refractivity contribution >= 4 is 17.3 Å². The third-order valence-electron chi connectivity index (χ3n) is 5.18. The Morgan fingerprint density at radius 1 is 1.25 bits per heavy atom. The topological polar surface area (TPSA) is 108 Å². The SMILES string of the molecule is Cc1nn(Cc2cccc(C(F)(F)F)c2)c(C)c1NC(=O)C(C)n1ncc([N+](=O)[O-])c1C. The molecule has 0 spiro atoms. The smallest absolute Gasteiger partial charge is 0.321 e. The summed E-state index contributed by atoms with van der Waals surface area (Å²) in [5.41, 5.74) is 1.19. The summed E-state index contributed by atoms with van der Waals surface area (Å²) in [7, 11) is 0. The number of carbonyl (C=O) groups is 1. The molecule has 0 aliphatic heterocycles. The molecule has 1 N–H and O–H groups in total. The van der Waals surface area contributed by atoms with Gasteiger partial charge in [0.05, 0.1) is 34.1 Å². The van der Waals surface area contributed by atoms with Crippen molar-refractivity contribution in [2.75, 3.05) is 5.32 Å². The number of aryl methyl sites for hydroxylation is 1. The molecular formula is C20H21F3N6O3. The Balaban J connectivity index is 1.81. The summed E-state index contributed by atoms with van der Waals surface area (Å²) in [6.07, 6.45) is -3.36. The van der Waals surface area contributed by atoms with Crippen LogP contribution in [0.15, 0.2) is 30.5 Å². The molecule has 0 aliphatic carbocycles. The fourth-order valence-corrected chi connectivity index (χ4v) is 3.37. The number of halogens is 3. The van der Waals surface area contributed by atoms with Gasteiger partial charge in [-0.1, -0.05) is 12.1 Å². The van der Waals surface area contributed by atoms with Crippen molar-refractivity contribution in [3.8, 4) is 0 Å². The molecular weight excluding hydrogens is 429 g/mol. The van der Waals surface area contributed by atoms with Crippen molar-refractivity contribution in [2.24, 2.45) is 0 Å². The number of rotatable bonds is 6. The quantitative estimate of drug-likeness (QED) is 0.448. The van der Waals surface area contributed by atoms with Crippen LogP contribution in [-0.4, -0.2) is 30.4 Å². The number of anilines is 1. The number of alkyl halides is 3. The molecule has 2 heterocycles. The lowest BCUT2D eigenvalue weighted by Crippen LogP contribution is -2.25. The molecule has 170 valence electrons. The van der Waals surface area contributed by atoms with Crippen LogP contribution < -0.4 is 5.32 Å². The van der Waals surface area contributed by atoms with Crippen molar-refractivity contribution in [1.29, 1.82) is 0 Å². The highest BCUT2D eigenvalue weighted by atomic mass is 19.4. The molecule has 0 aliphatic rings. The number of carbonyl (C=O) groups excluding carboxylic acids is 1. The van der Waals surface area contributed by atoms with Gasteiger partial charge >= 0.3 is 11.9 Å². The predicted octanol–water partition coefficient (Wildman–Crippen LogP) is 4.18. The molecule has 0 saturated carbocycles. The van der Waals surface area contributed by atoms with Crippen LogP contribution in [0.2, 0.25) is 0 Å². The molecule has 0 fully saturated rings. The maximum atomic E-state index is 13.0. The first-order valence-corrected chi connectivity index (χ1v) is 9.59. The van der Waals surface area contributed by atoms with Gasteiger partial charge in [-0.3, -0.25) is 24.3 Å². The molecule has 1 atom stereocenters. The first kappa shape index (κ1) is 23.0. The zero-order valence-corrected chi connectivity index (χ0v) is 17.8. The maximum Gasteiger partial charge on any atom is 0.416 e. The van der Waals surface area contributed by atoms with Crippen LogP contribution in [0.25, 0.3) is 0 Å². The van der Waals surface area contributed by atoms with E-state index >= 15 is 0 Å². The van der Waals surface area contributed by atoms with E-state index in [1.54, 1.807) is 26.8 Å². The molecule has 12 heteroatoms. The van der Waals surface area contributed by atoms with Gasteiger partial charge in [-0.05, 0) is 45.4 Å². The van der Waals surface area contributed by atoms with E-state index in [0.29, 0.717) is 22.6 Å². The van der Waals surface area contributed by atoms with Crippen molar-refractivity contribution in [3.05, 3.63) is 68.8 Å². The standard InChI is InChI=1S/C20H21F3N6O3/c1-11-18(25-19(30)14(4)28-12(2)17(9-24-28)29(31)32)13(3)27(26-11)10-15-6-5-7-16(8-15)20(21,22)23/h5-9,14H,10H2,1-4H3,(H,25,30). The summed E-state index contributed by atoms with van der Waals surface area (Å²) in [6.45, 7) is 6.50. The number of nitrogens with zero attached hydrogens (tertiary/aromatic N) is 5. The van der Waals surface area contributed by atoms with Gasteiger partial charge in [0, 0.05) is 0 Å². The summed E-state index contributed by atoms with van der Waals surface area (Å²) in [6, 6.07) is 4.12. The molecule has 0 bridgehead atoms. The highest BCUT2D eigenvalue weighted by Crippen LogP contribution is 2.30. The Morgan fingerprint density at radius 2 is 1.94 bits per heavy atom. The van der Waals surface area contributed by atoms with E-state index in [1.165, 1.54) is 22.4 Å². The number of amides is 1. The van der Waals surface area contributed by atoms with Gasteiger partial charge in [0.15, 0.2) is 0 Å². The number of hydrogen-bond acceptors (Lipinski definition) is 5. The van der Waals surface area contributed by atoms with E-state index in [9.17, 15) is 28.1 Å². The number of benzene rings is 1. The van der Waals surface area contributed by atoms with Crippen LogP contribution in [0.5, 0.6) is 0 Å². The van der Waals surface area contributed by atoms with Gasteiger partial charge in [-0.2, -0.15) is 23.4 Å². The Morgan fingerprint density at radius 3 is 2.53 bits per heavy atom. The minimum Gasteiger partial charge on any atom is -0.321 e. The zero-order chi connectivity index (χ0) is 23.8. The zero-order valence-electron chi connectivity index (χ0n) is 17.8.